The first-order valence-electron chi connectivity index (χ1n) is 8.62. The molecule has 0 spiro atoms. The maximum Gasteiger partial charge on any atom is 0.243 e. The fourth-order valence-electron chi connectivity index (χ4n) is 2.70. The number of rotatable bonds is 5. The van der Waals surface area contributed by atoms with Gasteiger partial charge in [-0.3, -0.25) is 4.99 Å². The van der Waals surface area contributed by atoms with Gasteiger partial charge in [-0.1, -0.05) is 36.4 Å². The van der Waals surface area contributed by atoms with Crippen molar-refractivity contribution < 1.29 is 13.2 Å². The van der Waals surface area contributed by atoms with Crippen molar-refractivity contribution >= 4 is 43.9 Å². The van der Waals surface area contributed by atoms with Crippen LogP contribution in [0, 0.1) is 6.92 Å². The quantitative estimate of drug-likeness (QED) is 0.645. The van der Waals surface area contributed by atoms with E-state index in [1.165, 1.54) is 4.31 Å². The van der Waals surface area contributed by atoms with E-state index in [4.69, 9.17) is 4.74 Å². The lowest BCUT2D eigenvalue weighted by Crippen LogP contribution is -2.40. The molecular weight excluding hydrogens is 428 g/mol. The molecule has 7 heteroatoms. The summed E-state index contributed by atoms with van der Waals surface area (Å²) in [4.78, 5) is 4.73. The number of ether oxygens (including phenoxy) is 1. The number of halogens is 1. The largest absolute Gasteiger partial charge is 0.379 e. The first-order chi connectivity index (χ1) is 13.0. The molecule has 3 rings (SSSR count). The second-order valence-corrected chi connectivity index (χ2v) is 9.02. The summed E-state index contributed by atoms with van der Waals surface area (Å²) < 4.78 is 33.2. The zero-order chi connectivity index (χ0) is 19.3. The molecule has 2 aromatic carbocycles. The van der Waals surface area contributed by atoms with E-state index in [1.807, 2.05) is 43.3 Å². The second kappa shape index (κ2) is 8.93. The van der Waals surface area contributed by atoms with E-state index < -0.39 is 10.0 Å². The highest BCUT2D eigenvalue weighted by Crippen LogP contribution is 2.26. The van der Waals surface area contributed by atoms with Crippen LogP contribution in [0.5, 0.6) is 0 Å². The molecule has 5 nitrogen and oxygen atoms in total. The molecule has 27 heavy (non-hydrogen) atoms. The topological polar surface area (TPSA) is 59.0 Å². The van der Waals surface area contributed by atoms with Gasteiger partial charge < -0.3 is 4.74 Å². The minimum atomic E-state index is -3.54. The Bertz CT molecular complexity index is 950. The van der Waals surface area contributed by atoms with Crippen LogP contribution < -0.4 is 0 Å². The normalized spacial score (nSPS) is 16.7. The zero-order valence-corrected chi connectivity index (χ0v) is 17.4. The van der Waals surface area contributed by atoms with Crippen LogP contribution in [-0.4, -0.2) is 45.2 Å². The monoisotopic (exact) mass is 448 g/mol. The van der Waals surface area contributed by atoms with Crippen LogP contribution in [0.1, 0.15) is 11.1 Å². The van der Waals surface area contributed by atoms with Crippen LogP contribution in [0.15, 0.2) is 62.9 Å². The second-order valence-electron chi connectivity index (χ2n) is 6.16. The first-order valence-corrected chi connectivity index (χ1v) is 10.8. The summed E-state index contributed by atoms with van der Waals surface area (Å²) in [5.74, 6) is 0. The van der Waals surface area contributed by atoms with Gasteiger partial charge in [0, 0.05) is 23.8 Å². The Morgan fingerprint density at radius 2 is 1.85 bits per heavy atom. The van der Waals surface area contributed by atoms with Crippen molar-refractivity contribution in [3.8, 4) is 0 Å². The fraction of sp³-hybridized carbons (Fsp3) is 0.250. The van der Waals surface area contributed by atoms with Gasteiger partial charge in [-0.25, -0.2) is 8.42 Å². The van der Waals surface area contributed by atoms with E-state index in [9.17, 15) is 8.42 Å². The molecule has 142 valence electrons. The third-order valence-electron chi connectivity index (χ3n) is 4.22. The predicted molar refractivity (Wildman–Crippen MR) is 112 cm³/mol. The van der Waals surface area contributed by atoms with Crippen LogP contribution in [0.2, 0.25) is 0 Å². The highest BCUT2D eigenvalue weighted by atomic mass is 79.9. The van der Waals surface area contributed by atoms with Gasteiger partial charge in [0.25, 0.3) is 0 Å². The van der Waals surface area contributed by atoms with Gasteiger partial charge >= 0.3 is 0 Å². The summed E-state index contributed by atoms with van der Waals surface area (Å²) in [5.41, 5.74) is 2.59. The Morgan fingerprint density at radius 3 is 2.56 bits per heavy atom. The van der Waals surface area contributed by atoms with Crippen molar-refractivity contribution in [2.24, 2.45) is 4.99 Å². The molecule has 1 aliphatic heterocycles. The van der Waals surface area contributed by atoms with E-state index in [1.54, 1.807) is 24.4 Å². The number of hydrogen-bond donors (Lipinski definition) is 0. The van der Waals surface area contributed by atoms with E-state index >= 15 is 0 Å². The molecule has 0 amide bonds. The van der Waals surface area contributed by atoms with E-state index in [0.717, 1.165) is 15.6 Å². The third-order valence-corrected chi connectivity index (χ3v) is 6.55. The Labute approximate surface area is 168 Å². The predicted octanol–water partition coefficient (Wildman–Crippen LogP) is 4.15. The number of hydrogen-bond acceptors (Lipinski definition) is 4. The average Bonchev–Trinajstić information content (AvgIpc) is 2.68. The molecule has 0 aromatic heterocycles. The van der Waals surface area contributed by atoms with Crippen molar-refractivity contribution in [2.75, 3.05) is 26.3 Å². The van der Waals surface area contributed by atoms with Crippen LogP contribution in [0.4, 0.5) is 5.69 Å². The molecule has 1 fully saturated rings. The molecule has 1 heterocycles. The molecule has 0 radical (unpaired) electrons. The highest BCUT2D eigenvalue weighted by molar-refractivity contribution is 9.12. The Balaban J connectivity index is 1.84. The lowest BCUT2D eigenvalue weighted by atomic mass is 10.2. The molecular formula is C20H21BrN2O3S. The van der Waals surface area contributed by atoms with Gasteiger partial charge in [-0.2, -0.15) is 4.31 Å². The van der Waals surface area contributed by atoms with Crippen LogP contribution in [0.25, 0.3) is 6.08 Å². The van der Waals surface area contributed by atoms with E-state index in [0.29, 0.717) is 32.0 Å². The molecule has 0 N–H and O–H groups in total. The van der Waals surface area contributed by atoms with Crippen LogP contribution in [0.3, 0.4) is 0 Å². The molecule has 0 unspecified atom stereocenters. The van der Waals surface area contributed by atoms with E-state index in [-0.39, 0.29) is 4.90 Å². The lowest BCUT2D eigenvalue weighted by Gasteiger charge is -2.26. The van der Waals surface area contributed by atoms with E-state index in [2.05, 4.69) is 20.9 Å². The zero-order valence-electron chi connectivity index (χ0n) is 15.0. The molecule has 2 aromatic rings. The number of morpholine rings is 1. The summed E-state index contributed by atoms with van der Waals surface area (Å²) in [5, 5.41) is 0. The Morgan fingerprint density at radius 1 is 1.15 bits per heavy atom. The Kier molecular flexibility index (Phi) is 6.59. The van der Waals surface area contributed by atoms with Gasteiger partial charge in [0.2, 0.25) is 10.0 Å². The lowest BCUT2D eigenvalue weighted by molar-refractivity contribution is 0.0730. The maximum absolute atomic E-state index is 12.8. The number of sulfonamides is 1. The average molecular weight is 449 g/mol. The maximum atomic E-state index is 12.8. The van der Waals surface area contributed by atoms with Gasteiger partial charge in [-0.05, 0) is 52.2 Å². The molecule has 1 aliphatic rings. The minimum absolute atomic E-state index is 0.255. The van der Waals surface area contributed by atoms with Gasteiger partial charge in [-0.15, -0.1) is 0 Å². The summed E-state index contributed by atoms with van der Waals surface area (Å²) in [6.07, 6.45) is 3.63. The summed E-state index contributed by atoms with van der Waals surface area (Å²) in [7, 11) is -3.54. The van der Waals surface area contributed by atoms with Gasteiger partial charge in [0.15, 0.2) is 0 Å². The smallest absolute Gasteiger partial charge is 0.243 e. The Hall–Kier alpha value is -1.80. The number of nitrogens with zero attached hydrogens (tertiary/aromatic N) is 2. The molecule has 0 saturated carbocycles. The van der Waals surface area contributed by atoms with Crippen LogP contribution in [-0.2, 0) is 14.8 Å². The number of aryl methyl sites for hydroxylation is 1. The SMILES string of the molecule is Cc1ccc(S(=O)(=O)N2CCOCC2)cc1N=CC(Br)=Cc1ccccc1. The summed E-state index contributed by atoms with van der Waals surface area (Å²) in [6.45, 7) is 3.51. The van der Waals surface area contributed by atoms with Crippen molar-refractivity contribution in [1.29, 1.82) is 0 Å². The van der Waals surface area contributed by atoms with Crippen molar-refractivity contribution in [2.45, 2.75) is 11.8 Å². The first kappa shape index (κ1) is 19.9. The highest BCUT2D eigenvalue weighted by Gasteiger charge is 2.26. The van der Waals surface area contributed by atoms with Crippen molar-refractivity contribution in [1.82, 2.24) is 4.31 Å². The summed E-state index contributed by atoms with van der Waals surface area (Å²) >= 11 is 3.49. The number of allylic oxidation sites excluding steroid dienone is 1. The standard InChI is InChI=1S/C20H21BrN2O3S/c1-16-7-8-19(27(24,25)23-9-11-26-12-10-23)14-20(16)22-15-18(21)13-17-5-3-2-4-6-17/h2-8,13-15H,9-12H2,1H3. The molecule has 0 bridgehead atoms. The fourth-order valence-corrected chi connectivity index (χ4v) is 4.50. The molecule has 0 atom stereocenters. The van der Waals surface area contributed by atoms with Gasteiger partial charge in [0.05, 0.1) is 23.8 Å². The van der Waals surface area contributed by atoms with Gasteiger partial charge in [0.1, 0.15) is 0 Å². The van der Waals surface area contributed by atoms with Crippen molar-refractivity contribution in [3.63, 3.8) is 0 Å². The van der Waals surface area contributed by atoms with Crippen LogP contribution >= 0.6 is 15.9 Å². The molecule has 1 saturated heterocycles. The third kappa shape index (κ3) is 5.13. The molecule has 0 aliphatic carbocycles. The number of aliphatic imine (C=N–C) groups is 1. The minimum Gasteiger partial charge on any atom is -0.379 e. The number of benzene rings is 2. The summed E-state index contributed by atoms with van der Waals surface area (Å²) in [6, 6.07) is 14.9. The van der Waals surface area contributed by atoms with Crippen molar-refractivity contribution in [3.05, 3.63) is 64.1 Å².